The van der Waals surface area contributed by atoms with Crippen LogP contribution in [-0.2, 0) is 19.1 Å². The Kier molecular flexibility index (Phi) is 5.79. The third-order valence-electron chi connectivity index (χ3n) is 3.43. The number of hydrogen-bond acceptors (Lipinski definition) is 4. The molecule has 0 aliphatic heterocycles. The van der Waals surface area contributed by atoms with Crippen molar-refractivity contribution in [3.8, 4) is 0 Å². The number of esters is 1. The van der Waals surface area contributed by atoms with Crippen molar-refractivity contribution >= 4 is 17.8 Å². The number of methoxy groups -OCH3 is 1. The van der Waals surface area contributed by atoms with E-state index in [0.29, 0.717) is 0 Å². The molecule has 1 unspecified atom stereocenters. The Hall–Kier alpha value is -1.59. The smallest absolute Gasteiger partial charge is 0.328 e. The summed E-state index contributed by atoms with van der Waals surface area (Å²) < 4.78 is 4.56. The minimum atomic E-state index is -0.713. The highest BCUT2D eigenvalue weighted by Crippen LogP contribution is 2.27. The minimum absolute atomic E-state index is 0.147. The zero-order valence-corrected chi connectivity index (χ0v) is 11.7. The molecule has 1 saturated carbocycles. The summed E-state index contributed by atoms with van der Waals surface area (Å²) >= 11 is 0. The summed E-state index contributed by atoms with van der Waals surface area (Å²) in [5, 5.41) is 5.27. The fourth-order valence-electron chi connectivity index (χ4n) is 2.45. The van der Waals surface area contributed by atoms with Crippen molar-refractivity contribution in [2.45, 2.75) is 51.6 Å². The lowest BCUT2D eigenvalue weighted by Gasteiger charge is -2.24. The first-order valence-corrected chi connectivity index (χ1v) is 6.61. The lowest BCUT2D eigenvalue weighted by atomic mass is 9.97. The van der Waals surface area contributed by atoms with Crippen molar-refractivity contribution < 1.29 is 19.1 Å². The molecule has 2 atom stereocenters. The average molecular weight is 270 g/mol. The molecule has 0 saturated heterocycles. The SMILES string of the molecule is COC(=O)[C@H](C)NC(=O)C(NC(C)=O)C1CCCC1. The van der Waals surface area contributed by atoms with Gasteiger partial charge in [-0.2, -0.15) is 0 Å². The molecule has 1 aliphatic carbocycles. The van der Waals surface area contributed by atoms with Gasteiger partial charge in [0.05, 0.1) is 7.11 Å². The van der Waals surface area contributed by atoms with Crippen molar-refractivity contribution in [1.82, 2.24) is 10.6 Å². The number of rotatable bonds is 5. The van der Waals surface area contributed by atoms with Gasteiger partial charge in [-0.05, 0) is 25.7 Å². The summed E-state index contributed by atoms with van der Waals surface area (Å²) in [4.78, 5) is 34.7. The van der Waals surface area contributed by atoms with Crippen molar-refractivity contribution in [2.75, 3.05) is 7.11 Å². The maximum Gasteiger partial charge on any atom is 0.328 e. The molecule has 1 aliphatic rings. The van der Waals surface area contributed by atoms with E-state index in [-0.39, 0.29) is 17.7 Å². The van der Waals surface area contributed by atoms with Crippen LogP contribution in [0.5, 0.6) is 0 Å². The van der Waals surface area contributed by atoms with Crippen LogP contribution in [0, 0.1) is 5.92 Å². The number of amides is 2. The Morgan fingerprint density at radius 1 is 1.16 bits per heavy atom. The summed E-state index contributed by atoms with van der Waals surface area (Å²) in [6, 6.07) is -1.28. The Labute approximate surface area is 113 Å². The van der Waals surface area contributed by atoms with E-state index >= 15 is 0 Å². The van der Waals surface area contributed by atoms with Gasteiger partial charge in [-0.3, -0.25) is 9.59 Å². The van der Waals surface area contributed by atoms with Crippen LogP contribution >= 0.6 is 0 Å². The fourth-order valence-corrected chi connectivity index (χ4v) is 2.45. The second-order valence-electron chi connectivity index (χ2n) is 4.98. The third kappa shape index (κ3) is 4.54. The summed E-state index contributed by atoms with van der Waals surface area (Å²) in [6.45, 7) is 2.95. The van der Waals surface area contributed by atoms with Gasteiger partial charge in [-0.1, -0.05) is 12.8 Å². The van der Waals surface area contributed by atoms with Crippen molar-refractivity contribution in [2.24, 2.45) is 5.92 Å². The van der Waals surface area contributed by atoms with Gasteiger partial charge in [0.1, 0.15) is 12.1 Å². The first-order chi connectivity index (χ1) is 8.95. The molecule has 19 heavy (non-hydrogen) atoms. The van der Waals surface area contributed by atoms with E-state index in [2.05, 4.69) is 15.4 Å². The molecule has 0 aromatic heterocycles. The van der Waals surface area contributed by atoms with E-state index < -0.39 is 18.1 Å². The van der Waals surface area contributed by atoms with Gasteiger partial charge in [0, 0.05) is 6.92 Å². The number of carbonyl (C=O) groups is 3. The molecule has 108 valence electrons. The highest BCUT2D eigenvalue weighted by Gasteiger charge is 2.32. The highest BCUT2D eigenvalue weighted by atomic mass is 16.5. The Bertz CT molecular complexity index is 351. The molecule has 2 amide bonds. The van der Waals surface area contributed by atoms with Gasteiger partial charge >= 0.3 is 5.97 Å². The summed E-state index contributed by atoms with van der Waals surface area (Å²) in [5.74, 6) is -0.909. The van der Waals surface area contributed by atoms with E-state index in [0.717, 1.165) is 25.7 Å². The van der Waals surface area contributed by atoms with E-state index in [4.69, 9.17) is 0 Å². The largest absolute Gasteiger partial charge is 0.467 e. The zero-order valence-electron chi connectivity index (χ0n) is 11.7. The Balaban J connectivity index is 2.65. The van der Waals surface area contributed by atoms with Gasteiger partial charge in [0.15, 0.2) is 0 Å². The summed E-state index contributed by atoms with van der Waals surface area (Å²) in [7, 11) is 1.27. The quantitative estimate of drug-likeness (QED) is 0.706. The van der Waals surface area contributed by atoms with Gasteiger partial charge in [-0.25, -0.2) is 4.79 Å². The molecule has 1 rings (SSSR count). The molecule has 2 N–H and O–H groups in total. The number of hydrogen-bond donors (Lipinski definition) is 2. The number of carbonyl (C=O) groups excluding carboxylic acids is 3. The highest BCUT2D eigenvalue weighted by molar-refractivity contribution is 5.90. The van der Waals surface area contributed by atoms with Gasteiger partial charge in [-0.15, -0.1) is 0 Å². The zero-order chi connectivity index (χ0) is 14.4. The van der Waals surface area contributed by atoms with Gasteiger partial charge < -0.3 is 15.4 Å². The van der Waals surface area contributed by atoms with Crippen LogP contribution in [0.25, 0.3) is 0 Å². The predicted octanol–water partition coefficient (Wildman–Crippen LogP) is 0.359. The Morgan fingerprint density at radius 2 is 1.74 bits per heavy atom. The lowest BCUT2D eigenvalue weighted by molar-refractivity contribution is -0.145. The fraction of sp³-hybridized carbons (Fsp3) is 0.769. The summed E-state index contributed by atoms with van der Waals surface area (Å²) in [6.07, 6.45) is 3.98. The standard InChI is InChI=1S/C13H22N2O4/c1-8(13(18)19-3)14-12(17)11(15-9(2)16)10-6-4-5-7-10/h8,10-11H,4-7H2,1-3H3,(H,14,17)(H,15,16)/t8-,11?/m0/s1. The molecule has 0 aromatic rings. The van der Waals surface area contributed by atoms with Crippen LogP contribution in [0.1, 0.15) is 39.5 Å². The Morgan fingerprint density at radius 3 is 2.21 bits per heavy atom. The second-order valence-corrected chi connectivity index (χ2v) is 4.98. The van der Waals surface area contributed by atoms with E-state index in [1.54, 1.807) is 6.92 Å². The summed E-state index contributed by atoms with van der Waals surface area (Å²) in [5.41, 5.74) is 0. The van der Waals surface area contributed by atoms with Crippen molar-refractivity contribution in [3.63, 3.8) is 0 Å². The van der Waals surface area contributed by atoms with Gasteiger partial charge in [0.25, 0.3) is 0 Å². The lowest BCUT2D eigenvalue weighted by Crippen LogP contribution is -2.53. The van der Waals surface area contributed by atoms with Crippen LogP contribution < -0.4 is 10.6 Å². The first-order valence-electron chi connectivity index (χ1n) is 6.61. The van der Waals surface area contributed by atoms with Crippen molar-refractivity contribution in [1.29, 1.82) is 0 Å². The number of nitrogens with one attached hydrogen (secondary N) is 2. The predicted molar refractivity (Wildman–Crippen MR) is 69.2 cm³/mol. The first kappa shape index (κ1) is 15.5. The average Bonchev–Trinajstić information content (AvgIpc) is 2.87. The molecular formula is C13H22N2O4. The number of ether oxygens (including phenoxy) is 1. The van der Waals surface area contributed by atoms with Crippen LogP contribution in [0.3, 0.4) is 0 Å². The maximum absolute atomic E-state index is 12.2. The molecule has 1 fully saturated rings. The minimum Gasteiger partial charge on any atom is -0.467 e. The van der Waals surface area contributed by atoms with E-state index in [1.807, 2.05) is 0 Å². The van der Waals surface area contributed by atoms with Crippen LogP contribution in [0.2, 0.25) is 0 Å². The second kappa shape index (κ2) is 7.11. The van der Waals surface area contributed by atoms with Crippen molar-refractivity contribution in [3.05, 3.63) is 0 Å². The normalized spacial score (nSPS) is 18.5. The molecule has 0 radical (unpaired) electrons. The molecule has 6 nitrogen and oxygen atoms in total. The molecule has 0 bridgehead atoms. The maximum atomic E-state index is 12.2. The van der Waals surface area contributed by atoms with Crippen LogP contribution in [0.4, 0.5) is 0 Å². The molecule has 6 heteroatoms. The van der Waals surface area contributed by atoms with Crippen LogP contribution in [0.15, 0.2) is 0 Å². The third-order valence-corrected chi connectivity index (χ3v) is 3.43. The topological polar surface area (TPSA) is 84.5 Å². The molecule has 0 heterocycles. The molecule has 0 spiro atoms. The molecule has 0 aromatic carbocycles. The van der Waals surface area contributed by atoms with E-state index in [9.17, 15) is 14.4 Å². The molecular weight excluding hydrogens is 248 g/mol. The van der Waals surface area contributed by atoms with E-state index in [1.165, 1.54) is 14.0 Å². The monoisotopic (exact) mass is 270 g/mol. The van der Waals surface area contributed by atoms with Gasteiger partial charge in [0.2, 0.25) is 11.8 Å². The van der Waals surface area contributed by atoms with Crippen LogP contribution in [-0.4, -0.2) is 37.0 Å².